The zero-order chi connectivity index (χ0) is 13.7. The highest BCUT2D eigenvalue weighted by Crippen LogP contribution is 2.19. The fourth-order valence-electron chi connectivity index (χ4n) is 2.45. The third-order valence-corrected chi connectivity index (χ3v) is 3.63. The molecule has 5 heteroatoms. The van der Waals surface area contributed by atoms with Gasteiger partial charge in [0.25, 0.3) is 0 Å². The Bertz CT molecular complexity index is 447. The summed E-state index contributed by atoms with van der Waals surface area (Å²) in [5.74, 6) is 0.151. The molecule has 3 nitrogen and oxygen atoms in total. The number of halogens is 2. The number of benzene rings is 1. The van der Waals surface area contributed by atoms with E-state index >= 15 is 0 Å². The fraction of sp³-hybridized carbons (Fsp3) is 0.533. The summed E-state index contributed by atoms with van der Waals surface area (Å²) in [6.45, 7) is 3.96. The van der Waals surface area contributed by atoms with Gasteiger partial charge in [-0.05, 0) is 62.9 Å². The van der Waals surface area contributed by atoms with Crippen LogP contribution in [0.5, 0.6) is 0 Å². The van der Waals surface area contributed by atoms with E-state index in [1.165, 1.54) is 6.07 Å². The number of carbonyl (C=O) groups is 1. The summed E-state index contributed by atoms with van der Waals surface area (Å²) in [5, 5.41) is 5.97. The number of hydrogen-bond donors (Lipinski definition) is 2. The maximum atomic E-state index is 13.5. The van der Waals surface area contributed by atoms with Crippen molar-refractivity contribution < 1.29 is 9.18 Å². The summed E-state index contributed by atoms with van der Waals surface area (Å²) in [7, 11) is 0. The van der Waals surface area contributed by atoms with Gasteiger partial charge in [-0.3, -0.25) is 4.79 Å². The van der Waals surface area contributed by atoms with E-state index < -0.39 is 0 Å². The minimum Gasteiger partial charge on any atom is -0.324 e. The van der Waals surface area contributed by atoms with Crippen LogP contribution in [-0.2, 0) is 4.79 Å². The Morgan fingerprint density at radius 2 is 2.10 bits per heavy atom. The molecular formula is C15H22ClFN2O. The molecule has 1 aromatic rings. The Hall–Kier alpha value is -1.13. The van der Waals surface area contributed by atoms with Crippen molar-refractivity contribution in [3.8, 4) is 0 Å². The molecule has 2 N–H and O–H groups in total. The standard InChI is InChI=1S/C15H21FN2O.ClH/c1-11-2-4-13(16)14(10-11)18-15(19)5-3-12-6-8-17-9-7-12;/h2,4,10,12,17H,3,5-9H2,1H3,(H,18,19);1H. The number of anilines is 1. The van der Waals surface area contributed by atoms with E-state index in [1.54, 1.807) is 12.1 Å². The second-order valence-electron chi connectivity index (χ2n) is 5.26. The smallest absolute Gasteiger partial charge is 0.224 e. The van der Waals surface area contributed by atoms with E-state index in [9.17, 15) is 9.18 Å². The molecule has 0 saturated carbocycles. The van der Waals surface area contributed by atoms with Gasteiger partial charge in [-0.1, -0.05) is 6.07 Å². The van der Waals surface area contributed by atoms with Gasteiger partial charge in [-0.15, -0.1) is 12.4 Å². The summed E-state index contributed by atoms with van der Waals surface area (Å²) in [4.78, 5) is 11.8. The third kappa shape index (κ3) is 5.10. The van der Waals surface area contributed by atoms with E-state index in [0.29, 0.717) is 12.3 Å². The summed E-state index contributed by atoms with van der Waals surface area (Å²) >= 11 is 0. The summed E-state index contributed by atoms with van der Waals surface area (Å²) in [6, 6.07) is 4.75. The van der Waals surface area contributed by atoms with Crippen molar-refractivity contribution in [2.24, 2.45) is 5.92 Å². The first-order valence-electron chi connectivity index (χ1n) is 6.92. The van der Waals surface area contributed by atoms with Crippen LogP contribution < -0.4 is 10.6 Å². The molecule has 2 rings (SSSR count). The molecule has 1 aromatic carbocycles. The number of rotatable bonds is 4. The number of aryl methyl sites for hydroxylation is 1. The molecular weight excluding hydrogens is 279 g/mol. The SMILES string of the molecule is Cc1ccc(F)c(NC(=O)CCC2CCNCC2)c1.Cl. The van der Waals surface area contributed by atoms with Crippen molar-refractivity contribution in [3.63, 3.8) is 0 Å². The number of hydrogen-bond acceptors (Lipinski definition) is 2. The molecule has 1 aliphatic rings. The van der Waals surface area contributed by atoms with Crippen LogP contribution in [0.4, 0.5) is 10.1 Å². The highest BCUT2D eigenvalue weighted by atomic mass is 35.5. The van der Waals surface area contributed by atoms with Crippen LogP contribution in [0.25, 0.3) is 0 Å². The van der Waals surface area contributed by atoms with Gasteiger partial charge in [-0.2, -0.15) is 0 Å². The van der Waals surface area contributed by atoms with E-state index in [0.717, 1.165) is 37.9 Å². The van der Waals surface area contributed by atoms with E-state index in [1.807, 2.05) is 6.92 Å². The van der Waals surface area contributed by atoms with E-state index in [4.69, 9.17) is 0 Å². The quantitative estimate of drug-likeness (QED) is 0.896. The topological polar surface area (TPSA) is 41.1 Å². The zero-order valence-electron chi connectivity index (χ0n) is 11.7. The second-order valence-corrected chi connectivity index (χ2v) is 5.26. The van der Waals surface area contributed by atoms with Crippen molar-refractivity contribution in [1.29, 1.82) is 0 Å². The molecule has 0 unspecified atom stereocenters. The number of amides is 1. The Morgan fingerprint density at radius 3 is 2.80 bits per heavy atom. The fourth-order valence-corrected chi connectivity index (χ4v) is 2.45. The summed E-state index contributed by atoms with van der Waals surface area (Å²) in [5.41, 5.74) is 1.23. The molecule has 112 valence electrons. The lowest BCUT2D eigenvalue weighted by Crippen LogP contribution is -2.28. The average molecular weight is 301 g/mol. The van der Waals surface area contributed by atoms with Crippen LogP contribution in [0, 0.1) is 18.7 Å². The van der Waals surface area contributed by atoms with E-state index in [-0.39, 0.29) is 29.8 Å². The van der Waals surface area contributed by atoms with Crippen LogP contribution in [-0.4, -0.2) is 19.0 Å². The molecule has 0 spiro atoms. The molecule has 1 heterocycles. The van der Waals surface area contributed by atoms with Crippen molar-refractivity contribution in [1.82, 2.24) is 5.32 Å². The normalized spacial score (nSPS) is 15.5. The van der Waals surface area contributed by atoms with Crippen molar-refractivity contribution in [2.45, 2.75) is 32.6 Å². The van der Waals surface area contributed by atoms with Gasteiger partial charge in [0.2, 0.25) is 5.91 Å². The number of nitrogens with one attached hydrogen (secondary N) is 2. The molecule has 1 amide bonds. The third-order valence-electron chi connectivity index (χ3n) is 3.63. The van der Waals surface area contributed by atoms with E-state index in [2.05, 4.69) is 10.6 Å². The number of piperidine rings is 1. The molecule has 0 aliphatic carbocycles. The maximum Gasteiger partial charge on any atom is 0.224 e. The monoisotopic (exact) mass is 300 g/mol. The van der Waals surface area contributed by atoms with Crippen LogP contribution in [0.2, 0.25) is 0 Å². The molecule has 0 aromatic heterocycles. The van der Waals surface area contributed by atoms with Crippen LogP contribution in [0.1, 0.15) is 31.2 Å². The van der Waals surface area contributed by atoms with Crippen LogP contribution >= 0.6 is 12.4 Å². The zero-order valence-corrected chi connectivity index (χ0v) is 12.6. The van der Waals surface area contributed by atoms with Gasteiger partial charge in [0.05, 0.1) is 5.69 Å². The summed E-state index contributed by atoms with van der Waals surface area (Å²) < 4.78 is 13.5. The Morgan fingerprint density at radius 1 is 1.40 bits per heavy atom. The first-order chi connectivity index (χ1) is 9.15. The minimum absolute atomic E-state index is 0. The first-order valence-corrected chi connectivity index (χ1v) is 6.92. The predicted molar refractivity (Wildman–Crippen MR) is 81.8 cm³/mol. The highest BCUT2D eigenvalue weighted by Gasteiger charge is 2.15. The first kappa shape index (κ1) is 16.9. The molecule has 0 atom stereocenters. The molecule has 0 bridgehead atoms. The lowest BCUT2D eigenvalue weighted by Gasteiger charge is -2.22. The van der Waals surface area contributed by atoms with Crippen molar-refractivity contribution in [2.75, 3.05) is 18.4 Å². The Balaban J connectivity index is 0.00000200. The van der Waals surface area contributed by atoms with Gasteiger partial charge >= 0.3 is 0 Å². The average Bonchev–Trinajstić information content (AvgIpc) is 2.42. The molecule has 20 heavy (non-hydrogen) atoms. The van der Waals surface area contributed by atoms with Gasteiger partial charge in [-0.25, -0.2) is 4.39 Å². The predicted octanol–water partition coefficient (Wildman–Crippen LogP) is 3.27. The minimum atomic E-state index is -0.374. The largest absolute Gasteiger partial charge is 0.324 e. The lowest BCUT2D eigenvalue weighted by molar-refractivity contribution is -0.116. The maximum absolute atomic E-state index is 13.5. The Labute approximate surface area is 125 Å². The second kappa shape index (κ2) is 8.22. The summed E-state index contributed by atoms with van der Waals surface area (Å²) in [6.07, 6.45) is 3.62. The van der Waals surface area contributed by atoms with Crippen LogP contribution in [0.15, 0.2) is 18.2 Å². The molecule has 1 aliphatic heterocycles. The van der Waals surface area contributed by atoms with Gasteiger partial charge in [0.15, 0.2) is 0 Å². The van der Waals surface area contributed by atoms with Crippen LogP contribution in [0.3, 0.4) is 0 Å². The van der Waals surface area contributed by atoms with Crippen molar-refractivity contribution in [3.05, 3.63) is 29.6 Å². The number of carbonyl (C=O) groups excluding carboxylic acids is 1. The molecule has 1 fully saturated rings. The van der Waals surface area contributed by atoms with Crippen molar-refractivity contribution >= 4 is 24.0 Å². The molecule has 1 saturated heterocycles. The van der Waals surface area contributed by atoms with Gasteiger partial charge < -0.3 is 10.6 Å². The lowest BCUT2D eigenvalue weighted by atomic mass is 9.93. The molecule has 0 radical (unpaired) electrons. The highest BCUT2D eigenvalue weighted by molar-refractivity contribution is 5.90. The van der Waals surface area contributed by atoms with Gasteiger partial charge in [0, 0.05) is 6.42 Å². The van der Waals surface area contributed by atoms with Gasteiger partial charge in [0.1, 0.15) is 5.82 Å². The Kier molecular flexibility index (Phi) is 6.96.